The molecule has 1 unspecified atom stereocenters. The molecule has 0 saturated heterocycles. The van der Waals surface area contributed by atoms with Gasteiger partial charge in [0.15, 0.2) is 17.3 Å². The van der Waals surface area contributed by atoms with Crippen LogP contribution in [0.1, 0.15) is 16.7 Å². The van der Waals surface area contributed by atoms with E-state index >= 15 is 0 Å². The highest BCUT2D eigenvalue weighted by molar-refractivity contribution is 7.75. The number of aryl methyl sites for hydroxylation is 1. The highest BCUT2D eigenvalue weighted by atomic mass is 32.2. The second-order valence-electron chi connectivity index (χ2n) is 9.22. The minimum Gasteiger partial charge on any atom is -0.395 e. The van der Waals surface area contributed by atoms with Gasteiger partial charge in [-0.15, -0.1) is 6.58 Å². The van der Waals surface area contributed by atoms with Crippen molar-refractivity contribution in [2.45, 2.75) is 26.4 Å². The van der Waals surface area contributed by atoms with E-state index in [-0.39, 0.29) is 30.3 Å². The number of thiol groups is 1. The van der Waals surface area contributed by atoms with E-state index in [1.54, 1.807) is 29.0 Å². The Balaban J connectivity index is 1.59. The van der Waals surface area contributed by atoms with Crippen LogP contribution in [0.5, 0.6) is 0 Å². The number of hydrogen-bond donors (Lipinski definition) is 3. The van der Waals surface area contributed by atoms with E-state index in [0.29, 0.717) is 22.8 Å². The molecule has 5 rings (SSSR count). The van der Waals surface area contributed by atoms with Gasteiger partial charge in [-0.05, 0) is 61.3 Å². The number of hydrogen-bond acceptors (Lipinski definition) is 9. The minimum absolute atomic E-state index is 0.0512. The molecule has 198 valence electrons. The zero-order chi connectivity index (χ0) is 26.8. The van der Waals surface area contributed by atoms with E-state index < -0.39 is 10.6 Å². The molecule has 1 aromatic carbocycles. The predicted octanol–water partition coefficient (Wildman–Crippen LogP) is 2.49. The van der Waals surface area contributed by atoms with E-state index in [2.05, 4.69) is 57.2 Å². The third-order valence-electron chi connectivity index (χ3n) is 6.42. The first kappa shape index (κ1) is 25.8. The first-order valence-corrected chi connectivity index (χ1v) is 13.7. The van der Waals surface area contributed by atoms with Crippen molar-refractivity contribution in [1.82, 2.24) is 29.2 Å². The lowest BCUT2D eigenvalue weighted by molar-refractivity contribution is 0.312. The normalized spacial score (nSPS) is 14.5. The molecule has 0 radical (unpaired) electrons. The summed E-state index contributed by atoms with van der Waals surface area (Å²) in [7, 11) is 0.120. The Hall–Kier alpha value is -3.87. The molecular weight excluding hydrogens is 504 g/mol. The Kier molecular flexibility index (Phi) is 7.36. The summed E-state index contributed by atoms with van der Waals surface area (Å²) in [5, 5.41) is 12.7. The topological polar surface area (TPSA) is 131 Å². The predicted molar refractivity (Wildman–Crippen MR) is 149 cm³/mol. The van der Waals surface area contributed by atoms with Gasteiger partial charge in [0.1, 0.15) is 5.39 Å². The highest BCUT2D eigenvalue weighted by Gasteiger charge is 2.19. The average Bonchev–Trinajstić information content (AvgIpc) is 3.15. The van der Waals surface area contributed by atoms with Crippen LogP contribution >= 0.6 is 0 Å². The van der Waals surface area contributed by atoms with E-state index in [0.717, 1.165) is 25.2 Å². The maximum absolute atomic E-state index is 13.2. The summed E-state index contributed by atoms with van der Waals surface area (Å²) in [4.78, 5) is 29.1. The molecule has 1 aliphatic rings. The van der Waals surface area contributed by atoms with Crippen molar-refractivity contribution >= 4 is 39.1 Å². The van der Waals surface area contributed by atoms with Gasteiger partial charge in [0.2, 0.25) is 5.95 Å². The number of aromatic nitrogens is 5. The Labute approximate surface area is 221 Å². The fraction of sp³-hybridized carbons (Fsp3) is 0.308. The zero-order valence-corrected chi connectivity index (χ0v) is 22.2. The van der Waals surface area contributed by atoms with Gasteiger partial charge in [-0.2, -0.15) is 9.35 Å². The average molecular weight is 535 g/mol. The molecule has 0 saturated carbocycles. The van der Waals surface area contributed by atoms with Gasteiger partial charge in [-0.25, -0.2) is 19.3 Å². The molecule has 38 heavy (non-hydrogen) atoms. The zero-order valence-electron chi connectivity index (χ0n) is 21.3. The van der Waals surface area contributed by atoms with E-state index in [1.807, 2.05) is 0 Å². The van der Waals surface area contributed by atoms with Gasteiger partial charge in [0.05, 0.1) is 18.9 Å². The van der Waals surface area contributed by atoms with Crippen molar-refractivity contribution in [1.29, 1.82) is 0 Å². The number of benzene rings is 1. The summed E-state index contributed by atoms with van der Waals surface area (Å²) in [6, 6.07) is 9.27. The molecule has 4 heterocycles. The van der Waals surface area contributed by atoms with Crippen molar-refractivity contribution in [3.63, 3.8) is 0 Å². The lowest BCUT2D eigenvalue weighted by atomic mass is 9.94. The molecule has 0 amide bonds. The summed E-state index contributed by atoms with van der Waals surface area (Å²) in [6.45, 7) is 7.80. The van der Waals surface area contributed by atoms with Crippen LogP contribution in [0.2, 0.25) is 0 Å². The summed E-state index contributed by atoms with van der Waals surface area (Å²) in [6.07, 6.45) is 4.15. The van der Waals surface area contributed by atoms with Crippen LogP contribution in [0, 0.1) is 6.92 Å². The molecule has 11 nitrogen and oxygen atoms in total. The lowest BCUT2D eigenvalue weighted by Gasteiger charge is -2.27. The molecule has 0 bridgehead atoms. The standard InChI is InChI=1S/C26H30N8O3S/c1-4-9-33-25(36)21-15-27-26(28-19-13-17(2)20-8-10-32(3)16-18(20)14-19)30-24(21)34(33)23-7-5-6-22(29-23)31-38(37)12-11-35/h4-7,13-15,35,38H,1,8-12,16H2,2-3H3,(H,27,28,30). The van der Waals surface area contributed by atoms with Crippen LogP contribution in [0.3, 0.4) is 0 Å². The molecule has 0 fully saturated rings. The smallest absolute Gasteiger partial charge is 0.278 e. The first-order chi connectivity index (χ1) is 18.4. The lowest BCUT2D eigenvalue weighted by Crippen LogP contribution is -2.27. The van der Waals surface area contributed by atoms with Gasteiger partial charge in [-0.3, -0.25) is 9.00 Å². The van der Waals surface area contributed by atoms with Crippen molar-refractivity contribution in [2.75, 3.05) is 31.3 Å². The van der Waals surface area contributed by atoms with Crippen LogP contribution in [0.4, 0.5) is 17.5 Å². The molecule has 2 N–H and O–H groups in total. The van der Waals surface area contributed by atoms with Gasteiger partial charge in [0, 0.05) is 35.6 Å². The van der Waals surface area contributed by atoms with Crippen molar-refractivity contribution in [3.8, 4) is 5.82 Å². The highest BCUT2D eigenvalue weighted by Crippen LogP contribution is 2.27. The van der Waals surface area contributed by atoms with Crippen molar-refractivity contribution in [3.05, 3.63) is 76.2 Å². The number of likely N-dealkylation sites (N-methyl/N-ethyl adjacent to an activating group) is 1. The largest absolute Gasteiger partial charge is 0.395 e. The Morgan fingerprint density at radius 2 is 2.13 bits per heavy atom. The summed E-state index contributed by atoms with van der Waals surface area (Å²) in [5.74, 6) is 1.01. The SMILES string of the molecule is C=CCn1c(=O)c2cnc(Nc3cc(C)c4c(c3)CN(C)CC4)nc2n1-c1cccc(/N=[SH](=O)/CCO)n1. The van der Waals surface area contributed by atoms with E-state index in [4.69, 9.17) is 10.1 Å². The number of rotatable bonds is 8. The second-order valence-corrected chi connectivity index (χ2v) is 10.6. The third kappa shape index (κ3) is 5.10. The van der Waals surface area contributed by atoms with Gasteiger partial charge < -0.3 is 15.3 Å². The van der Waals surface area contributed by atoms with Crippen LogP contribution in [0.25, 0.3) is 16.9 Å². The maximum Gasteiger partial charge on any atom is 0.278 e. The summed E-state index contributed by atoms with van der Waals surface area (Å²) >= 11 is 0. The molecule has 0 spiro atoms. The Bertz CT molecular complexity index is 1670. The van der Waals surface area contributed by atoms with Crippen molar-refractivity contribution < 1.29 is 9.32 Å². The number of aliphatic hydroxyl groups is 1. The molecule has 1 atom stereocenters. The number of anilines is 2. The van der Waals surface area contributed by atoms with Crippen LogP contribution in [-0.2, 0) is 30.1 Å². The van der Waals surface area contributed by atoms with E-state index in [9.17, 15) is 9.00 Å². The monoisotopic (exact) mass is 534 g/mol. The van der Waals surface area contributed by atoms with Gasteiger partial charge >= 0.3 is 0 Å². The molecule has 1 aliphatic heterocycles. The second kappa shape index (κ2) is 10.9. The molecule has 3 aromatic heterocycles. The third-order valence-corrected chi connectivity index (χ3v) is 7.44. The maximum atomic E-state index is 13.2. The number of aliphatic hydroxyl groups excluding tert-OH is 1. The van der Waals surface area contributed by atoms with Crippen LogP contribution in [0.15, 0.2) is 58.3 Å². The minimum atomic E-state index is -2.00. The quantitative estimate of drug-likeness (QED) is 0.232. The number of nitrogens with one attached hydrogen (secondary N) is 1. The van der Waals surface area contributed by atoms with Crippen molar-refractivity contribution in [2.24, 2.45) is 4.36 Å². The fourth-order valence-corrected chi connectivity index (χ4v) is 5.32. The first-order valence-electron chi connectivity index (χ1n) is 12.3. The number of allylic oxidation sites excluding steroid dienone is 1. The number of pyridine rings is 1. The van der Waals surface area contributed by atoms with Gasteiger partial charge in [-0.1, -0.05) is 12.1 Å². The van der Waals surface area contributed by atoms with E-state index in [1.165, 1.54) is 27.6 Å². The number of fused-ring (bicyclic) bond motifs is 2. The molecule has 12 heteroatoms. The number of nitrogens with zero attached hydrogens (tertiary/aromatic N) is 7. The molecular formula is C26H30N8O3S. The fourth-order valence-electron chi connectivity index (χ4n) is 4.71. The van der Waals surface area contributed by atoms with Gasteiger partial charge in [0.25, 0.3) is 5.56 Å². The van der Waals surface area contributed by atoms with Crippen LogP contribution < -0.4 is 10.9 Å². The summed E-state index contributed by atoms with van der Waals surface area (Å²) < 4.78 is 19.2. The Morgan fingerprint density at radius 3 is 2.92 bits per heavy atom. The Morgan fingerprint density at radius 1 is 1.29 bits per heavy atom. The summed E-state index contributed by atoms with van der Waals surface area (Å²) in [5.41, 5.74) is 4.85. The molecule has 4 aromatic rings. The molecule has 0 aliphatic carbocycles. The van der Waals surface area contributed by atoms with Crippen LogP contribution in [-0.4, -0.2) is 64.5 Å².